The van der Waals surface area contributed by atoms with Crippen LogP contribution in [0.25, 0.3) is 0 Å². The zero-order valence-corrected chi connectivity index (χ0v) is 14.6. The van der Waals surface area contributed by atoms with Crippen molar-refractivity contribution in [1.29, 1.82) is 0 Å². The molecule has 1 aromatic heterocycles. The molecule has 1 amide bonds. The van der Waals surface area contributed by atoms with Crippen LogP contribution in [0.4, 0.5) is 18.9 Å². The molecule has 0 bridgehead atoms. The molecule has 0 saturated heterocycles. The van der Waals surface area contributed by atoms with Gasteiger partial charge in [-0.25, -0.2) is 13.2 Å². The third-order valence-electron chi connectivity index (χ3n) is 4.29. The Hall–Kier alpha value is -3.15. The van der Waals surface area contributed by atoms with Gasteiger partial charge in [0.25, 0.3) is 5.91 Å². The van der Waals surface area contributed by atoms with Crippen LogP contribution in [0.3, 0.4) is 0 Å². The van der Waals surface area contributed by atoms with E-state index >= 15 is 0 Å². The van der Waals surface area contributed by atoms with E-state index in [1.165, 1.54) is 5.56 Å². The number of aromatic nitrogens is 1. The molecule has 1 N–H and O–H groups in total. The van der Waals surface area contributed by atoms with Crippen molar-refractivity contribution in [2.45, 2.75) is 19.4 Å². The number of carbonyl (C=O) groups is 1. The highest BCUT2D eigenvalue weighted by Gasteiger charge is 2.24. The summed E-state index contributed by atoms with van der Waals surface area (Å²) in [6.45, 7) is 1.63. The molecule has 0 saturated carbocycles. The van der Waals surface area contributed by atoms with Crippen LogP contribution >= 0.6 is 0 Å². The average molecular weight is 371 g/mol. The van der Waals surface area contributed by atoms with Crippen LogP contribution in [-0.2, 0) is 11.2 Å². The molecular weight excluding hydrogens is 353 g/mol. The van der Waals surface area contributed by atoms with Crippen molar-refractivity contribution >= 4 is 11.6 Å². The van der Waals surface area contributed by atoms with Crippen LogP contribution in [0.1, 0.15) is 24.1 Å². The van der Waals surface area contributed by atoms with E-state index in [0.29, 0.717) is 0 Å². The smallest absolute Gasteiger partial charge is 0.293 e. The maximum atomic E-state index is 13.7. The third-order valence-corrected chi connectivity index (χ3v) is 4.29. The number of hydrogen-bond donors (Lipinski definition) is 1. The molecule has 0 spiro atoms. The van der Waals surface area contributed by atoms with Crippen molar-refractivity contribution in [3.05, 3.63) is 95.6 Å². The summed E-state index contributed by atoms with van der Waals surface area (Å²) in [5, 5.41) is 2.29. The molecule has 3 rings (SSSR count). The quantitative estimate of drug-likeness (QED) is 0.530. The van der Waals surface area contributed by atoms with Crippen LogP contribution < -0.4 is 9.88 Å². The number of carbonyl (C=O) groups excluding carboxylic acids is 1. The van der Waals surface area contributed by atoms with Gasteiger partial charge in [-0.2, -0.15) is 4.57 Å². The summed E-state index contributed by atoms with van der Waals surface area (Å²) in [5.74, 6) is -4.88. The van der Waals surface area contributed by atoms with Crippen molar-refractivity contribution in [2.24, 2.45) is 0 Å². The van der Waals surface area contributed by atoms with Crippen molar-refractivity contribution in [1.82, 2.24) is 0 Å². The summed E-state index contributed by atoms with van der Waals surface area (Å²) in [5.41, 5.74) is 1.86. The molecule has 3 nitrogen and oxygen atoms in total. The first-order valence-corrected chi connectivity index (χ1v) is 8.43. The van der Waals surface area contributed by atoms with Crippen molar-refractivity contribution in [3.8, 4) is 0 Å². The first kappa shape index (κ1) is 18.6. The lowest BCUT2D eigenvalue weighted by Crippen LogP contribution is -2.44. The van der Waals surface area contributed by atoms with E-state index in [9.17, 15) is 18.0 Å². The number of halogens is 3. The number of nitrogens with zero attached hydrogens (tertiary/aromatic N) is 1. The summed E-state index contributed by atoms with van der Waals surface area (Å²) < 4.78 is 41.6. The predicted molar refractivity (Wildman–Crippen MR) is 95.5 cm³/mol. The van der Waals surface area contributed by atoms with Gasteiger partial charge in [-0.1, -0.05) is 30.3 Å². The van der Waals surface area contributed by atoms with Crippen molar-refractivity contribution in [2.75, 3.05) is 5.32 Å². The second-order valence-corrected chi connectivity index (χ2v) is 6.20. The molecule has 0 radical (unpaired) electrons. The van der Waals surface area contributed by atoms with E-state index in [1.807, 2.05) is 42.5 Å². The van der Waals surface area contributed by atoms with Crippen LogP contribution in [0.2, 0.25) is 0 Å². The van der Waals surface area contributed by atoms with E-state index in [1.54, 1.807) is 23.9 Å². The summed E-state index contributed by atoms with van der Waals surface area (Å²) in [6, 6.07) is 14.9. The molecular formula is C21H18F3N2O+. The number of anilines is 1. The number of benzene rings is 2. The third kappa shape index (κ3) is 4.34. The van der Waals surface area contributed by atoms with Gasteiger partial charge in [0.05, 0.1) is 5.69 Å². The highest BCUT2D eigenvalue weighted by molar-refractivity contribution is 5.92. The number of amides is 1. The minimum absolute atomic E-state index is 0.396. The summed E-state index contributed by atoms with van der Waals surface area (Å²) in [7, 11) is 0. The normalized spacial score (nSPS) is 11.9. The van der Waals surface area contributed by atoms with Crippen molar-refractivity contribution < 1.29 is 22.5 Å². The van der Waals surface area contributed by atoms with Crippen LogP contribution in [-0.4, -0.2) is 5.91 Å². The van der Waals surface area contributed by atoms with Gasteiger partial charge in [0.2, 0.25) is 6.04 Å². The first-order valence-electron chi connectivity index (χ1n) is 8.43. The van der Waals surface area contributed by atoms with Crippen molar-refractivity contribution in [3.63, 3.8) is 0 Å². The minimum atomic E-state index is -1.61. The number of hydrogen-bond acceptors (Lipinski definition) is 1. The summed E-state index contributed by atoms with van der Waals surface area (Å²) in [4.78, 5) is 12.3. The maximum Gasteiger partial charge on any atom is 0.293 e. The molecule has 0 fully saturated rings. The molecule has 1 atom stereocenters. The molecule has 3 aromatic rings. The lowest BCUT2D eigenvalue weighted by atomic mass is 10.1. The highest BCUT2D eigenvalue weighted by atomic mass is 19.2. The zero-order valence-electron chi connectivity index (χ0n) is 14.6. The molecule has 0 aliphatic rings. The Balaban J connectivity index is 1.69. The topological polar surface area (TPSA) is 33.0 Å². The Labute approximate surface area is 155 Å². The lowest BCUT2D eigenvalue weighted by Gasteiger charge is -2.10. The maximum absolute atomic E-state index is 13.7. The summed E-state index contributed by atoms with van der Waals surface area (Å²) in [6.07, 6.45) is 4.27. The fourth-order valence-corrected chi connectivity index (χ4v) is 2.67. The Bertz CT molecular complexity index is 944. The zero-order chi connectivity index (χ0) is 19.4. The van der Waals surface area contributed by atoms with Gasteiger partial charge in [-0.3, -0.25) is 4.79 Å². The van der Waals surface area contributed by atoms with Crippen LogP contribution in [0.15, 0.2) is 67.0 Å². The molecule has 0 aliphatic carbocycles. The molecule has 1 heterocycles. The molecule has 0 aliphatic heterocycles. The van der Waals surface area contributed by atoms with E-state index in [4.69, 9.17) is 0 Å². The van der Waals surface area contributed by atoms with Crippen LogP contribution in [0.5, 0.6) is 0 Å². The number of pyridine rings is 1. The molecule has 27 heavy (non-hydrogen) atoms. The summed E-state index contributed by atoms with van der Waals surface area (Å²) >= 11 is 0. The molecule has 2 aromatic carbocycles. The number of rotatable bonds is 5. The van der Waals surface area contributed by atoms with Gasteiger partial charge in [0.1, 0.15) is 0 Å². The fourth-order valence-electron chi connectivity index (χ4n) is 2.67. The molecule has 0 unspecified atom stereocenters. The molecule has 138 valence electrons. The Morgan fingerprint density at radius 3 is 2.22 bits per heavy atom. The van der Waals surface area contributed by atoms with E-state index in [0.717, 1.165) is 24.1 Å². The number of nitrogens with one attached hydrogen (secondary N) is 1. The highest BCUT2D eigenvalue weighted by Crippen LogP contribution is 2.20. The largest absolute Gasteiger partial charge is 0.318 e. The van der Waals surface area contributed by atoms with Crippen LogP contribution in [0, 0.1) is 17.5 Å². The van der Waals surface area contributed by atoms with Gasteiger partial charge in [-0.05, 0) is 29.7 Å². The second-order valence-electron chi connectivity index (χ2n) is 6.20. The Morgan fingerprint density at radius 2 is 1.56 bits per heavy atom. The SMILES string of the molecule is C[C@H](C(=O)Nc1ccc(F)c(F)c1F)[n+]1ccc(Cc2ccccc2)cc1. The average Bonchev–Trinajstić information content (AvgIpc) is 2.69. The Morgan fingerprint density at radius 1 is 0.926 bits per heavy atom. The van der Waals surface area contributed by atoms with E-state index in [2.05, 4.69) is 5.32 Å². The lowest BCUT2D eigenvalue weighted by molar-refractivity contribution is -0.705. The van der Waals surface area contributed by atoms with E-state index in [-0.39, 0.29) is 0 Å². The van der Waals surface area contributed by atoms with Gasteiger partial charge in [-0.15, -0.1) is 0 Å². The Kier molecular flexibility index (Phi) is 5.54. The monoisotopic (exact) mass is 371 g/mol. The van der Waals surface area contributed by atoms with Gasteiger partial charge in [0, 0.05) is 19.1 Å². The van der Waals surface area contributed by atoms with Gasteiger partial charge >= 0.3 is 0 Å². The van der Waals surface area contributed by atoms with Gasteiger partial charge < -0.3 is 5.32 Å². The molecule has 6 heteroatoms. The van der Waals surface area contributed by atoms with E-state index < -0.39 is 35.1 Å². The van der Waals surface area contributed by atoms with Gasteiger partial charge in [0.15, 0.2) is 29.8 Å². The second kappa shape index (κ2) is 8.03. The first-order chi connectivity index (χ1) is 13.0. The minimum Gasteiger partial charge on any atom is -0.318 e. The predicted octanol–water partition coefficient (Wildman–Crippen LogP) is 4.18. The fraction of sp³-hybridized carbons (Fsp3) is 0.143. The standard InChI is InChI=1S/C21H17F3N2O/c1-14(21(27)25-18-8-7-17(22)19(23)20(18)24)26-11-9-16(10-12-26)13-15-5-3-2-4-6-15/h2-12,14H,13H2,1H3/p+1/t14-/m1/s1.